The van der Waals surface area contributed by atoms with Crippen molar-refractivity contribution in [3.05, 3.63) is 76.9 Å². The fourth-order valence-corrected chi connectivity index (χ4v) is 4.87. The molecule has 0 spiro atoms. The number of aromatic nitrogens is 4. The molecule has 1 aliphatic carbocycles. The predicted octanol–water partition coefficient (Wildman–Crippen LogP) is 4.47. The summed E-state index contributed by atoms with van der Waals surface area (Å²) in [6, 6.07) is 15.7. The van der Waals surface area contributed by atoms with Gasteiger partial charge in [-0.3, -0.25) is 4.90 Å². The summed E-state index contributed by atoms with van der Waals surface area (Å²) in [5, 5.41) is 12.9. The standard InChI is InChI=1S/C23H26FN5/c24-20-12-10-18(11-13-20)22(28-15-14-17-6-4-5-7-19(17)16-28)23-25-26-27-29(23)21-8-2-1-3-9-21/h4-7,10-13,21-22H,1-3,8-9,14-16H2. The molecule has 1 atom stereocenters. The minimum absolute atomic E-state index is 0.0825. The van der Waals surface area contributed by atoms with Crippen LogP contribution in [-0.4, -0.2) is 31.7 Å². The van der Waals surface area contributed by atoms with Gasteiger partial charge >= 0.3 is 0 Å². The number of hydrogen-bond donors (Lipinski definition) is 0. The second kappa shape index (κ2) is 8.03. The van der Waals surface area contributed by atoms with Crippen LogP contribution >= 0.6 is 0 Å². The van der Waals surface area contributed by atoms with Crippen LogP contribution in [-0.2, 0) is 13.0 Å². The van der Waals surface area contributed by atoms with E-state index in [1.807, 2.05) is 16.8 Å². The molecule has 5 nitrogen and oxygen atoms in total. The van der Waals surface area contributed by atoms with Gasteiger partial charge in [0.25, 0.3) is 0 Å². The number of benzene rings is 2. The van der Waals surface area contributed by atoms with Crippen LogP contribution in [0.25, 0.3) is 0 Å². The summed E-state index contributed by atoms with van der Waals surface area (Å²) in [5.74, 6) is 0.659. The molecule has 1 saturated carbocycles. The maximum Gasteiger partial charge on any atom is 0.173 e. The lowest BCUT2D eigenvalue weighted by atomic mass is 9.94. The number of nitrogens with zero attached hydrogens (tertiary/aromatic N) is 5. The highest BCUT2D eigenvalue weighted by Crippen LogP contribution is 2.35. The van der Waals surface area contributed by atoms with Crippen molar-refractivity contribution < 1.29 is 4.39 Å². The Morgan fingerprint density at radius 1 is 0.931 bits per heavy atom. The van der Waals surface area contributed by atoms with Crippen LogP contribution in [0.1, 0.15) is 66.7 Å². The molecule has 0 saturated heterocycles. The Morgan fingerprint density at radius 2 is 1.69 bits per heavy atom. The molecule has 150 valence electrons. The maximum absolute atomic E-state index is 13.6. The van der Waals surface area contributed by atoms with Crippen molar-refractivity contribution in [2.24, 2.45) is 0 Å². The molecule has 2 aromatic carbocycles. The Labute approximate surface area is 170 Å². The fraction of sp³-hybridized carbons (Fsp3) is 0.435. The van der Waals surface area contributed by atoms with Crippen LogP contribution in [0.4, 0.5) is 4.39 Å². The third kappa shape index (κ3) is 3.69. The molecule has 1 unspecified atom stereocenters. The highest BCUT2D eigenvalue weighted by Gasteiger charge is 2.32. The van der Waals surface area contributed by atoms with E-state index in [0.717, 1.165) is 43.7 Å². The first-order valence-electron chi connectivity index (χ1n) is 10.6. The van der Waals surface area contributed by atoms with Crippen LogP contribution in [0.2, 0.25) is 0 Å². The Hall–Kier alpha value is -2.60. The van der Waals surface area contributed by atoms with Crippen LogP contribution in [0, 0.1) is 5.82 Å². The normalized spacial score (nSPS) is 19.1. The van der Waals surface area contributed by atoms with Crippen LogP contribution < -0.4 is 0 Å². The summed E-state index contributed by atoms with van der Waals surface area (Å²) in [5.41, 5.74) is 3.80. The van der Waals surface area contributed by atoms with Gasteiger partial charge in [0.2, 0.25) is 0 Å². The van der Waals surface area contributed by atoms with E-state index in [1.54, 1.807) is 0 Å². The lowest BCUT2D eigenvalue weighted by molar-refractivity contribution is 0.187. The molecule has 2 aliphatic rings. The minimum atomic E-state index is -0.219. The fourth-order valence-electron chi connectivity index (χ4n) is 4.87. The SMILES string of the molecule is Fc1ccc(C(c2nnnn2C2CCCCC2)N2CCc3ccccc3C2)cc1. The molecule has 5 rings (SSSR count). The van der Waals surface area contributed by atoms with Crippen molar-refractivity contribution in [2.75, 3.05) is 6.54 Å². The monoisotopic (exact) mass is 391 g/mol. The first-order chi connectivity index (χ1) is 14.3. The zero-order valence-electron chi connectivity index (χ0n) is 16.5. The van der Waals surface area contributed by atoms with Crippen molar-refractivity contribution in [1.29, 1.82) is 0 Å². The highest BCUT2D eigenvalue weighted by atomic mass is 19.1. The second-order valence-corrected chi connectivity index (χ2v) is 8.22. The summed E-state index contributed by atoms with van der Waals surface area (Å²) in [7, 11) is 0. The first-order valence-corrected chi connectivity index (χ1v) is 10.6. The van der Waals surface area contributed by atoms with Gasteiger partial charge in [0.05, 0.1) is 12.1 Å². The number of tetrazole rings is 1. The lowest BCUT2D eigenvalue weighted by Gasteiger charge is -2.36. The number of fused-ring (bicyclic) bond motifs is 1. The van der Waals surface area contributed by atoms with E-state index in [-0.39, 0.29) is 11.9 Å². The van der Waals surface area contributed by atoms with Crippen molar-refractivity contribution >= 4 is 0 Å². The molecule has 2 heterocycles. The molecule has 6 heteroatoms. The van der Waals surface area contributed by atoms with E-state index in [1.165, 1.54) is 42.5 Å². The average Bonchev–Trinajstić information content (AvgIpc) is 3.25. The lowest BCUT2D eigenvalue weighted by Crippen LogP contribution is -2.36. The van der Waals surface area contributed by atoms with Gasteiger partial charge in [0.1, 0.15) is 5.82 Å². The van der Waals surface area contributed by atoms with Gasteiger partial charge in [0, 0.05) is 13.1 Å². The second-order valence-electron chi connectivity index (χ2n) is 8.22. The van der Waals surface area contributed by atoms with Crippen molar-refractivity contribution in [3.8, 4) is 0 Å². The molecule has 0 radical (unpaired) electrons. The third-order valence-electron chi connectivity index (χ3n) is 6.39. The third-order valence-corrected chi connectivity index (χ3v) is 6.39. The van der Waals surface area contributed by atoms with Crippen molar-refractivity contribution in [1.82, 2.24) is 25.1 Å². The zero-order chi connectivity index (χ0) is 19.6. The van der Waals surface area contributed by atoms with E-state index in [2.05, 4.69) is 44.7 Å². The van der Waals surface area contributed by atoms with Gasteiger partial charge in [-0.05, 0) is 58.5 Å². The summed E-state index contributed by atoms with van der Waals surface area (Å²) < 4.78 is 15.7. The predicted molar refractivity (Wildman–Crippen MR) is 109 cm³/mol. The van der Waals surface area contributed by atoms with E-state index < -0.39 is 0 Å². The molecule has 1 aromatic heterocycles. The molecular formula is C23H26FN5. The topological polar surface area (TPSA) is 46.8 Å². The van der Waals surface area contributed by atoms with E-state index >= 15 is 0 Å². The van der Waals surface area contributed by atoms with Gasteiger partial charge in [-0.15, -0.1) is 5.10 Å². The smallest absolute Gasteiger partial charge is 0.173 e. The van der Waals surface area contributed by atoms with Gasteiger partial charge in [0.15, 0.2) is 5.82 Å². The van der Waals surface area contributed by atoms with Gasteiger partial charge in [-0.25, -0.2) is 9.07 Å². The molecule has 29 heavy (non-hydrogen) atoms. The number of rotatable bonds is 4. The summed E-state index contributed by atoms with van der Waals surface area (Å²) in [6.45, 7) is 1.77. The Balaban J connectivity index is 1.54. The van der Waals surface area contributed by atoms with Gasteiger partial charge in [-0.2, -0.15) is 0 Å². The summed E-state index contributed by atoms with van der Waals surface area (Å²) in [4.78, 5) is 2.43. The average molecular weight is 391 g/mol. The Kier molecular flexibility index (Phi) is 5.10. The summed E-state index contributed by atoms with van der Waals surface area (Å²) in [6.07, 6.45) is 6.98. The molecular weight excluding hydrogens is 365 g/mol. The molecule has 3 aromatic rings. The van der Waals surface area contributed by atoms with Crippen LogP contribution in [0.3, 0.4) is 0 Å². The van der Waals surface area contributed by atoms with E-state index in [4.69, 9.17) is 0 Å². The largest absolute Gasteiger partial charge is 0.285 e. The van der Waals surface area contributed by atoms with Crippen molar-refractivity contribution in [2.45, 2.75) is 57.2 Å². The molecule has 1 fully saturated rings. The Morgan fingerprint density at radius 3 is 2.48 bits per heavy atom. The van der Waals surface area contributed by atoms with E-state index in [0.29, 0.717) is 6.04 Å². The minimum Gasteiger partial charge on any atom is -0.285 e. The van der Waals surface area contributed by atoms with Crippen LogP contribution in [0.15, 0.2) is 48.5 Å². The zero-order valence-corrected chi connectivity index (χ0v) is 16.5. The highest BCUT2D eigenvalue weighted by molar-refractivity contribution is 5.32. The van der Waals surface area contributed by atoms with Gasteiger partial charge < -0.3 is 0 Å². The van der Waals surface area contributed by atoms with Crippen LogP contribution in [0.5, 0.6) is 0 Å². The molecule has 1 aliphatic heterocycles. The number of halogens is 1. The quantitative estimate of drug-likeness (QED) is 0.659. The molecule has 0 amide bonds. The maximum atomic E-state index is 13.6. The Bertz CT molecular complexity index is 961. The molecule has 0 N–H and O–H groups in total. The van der Waals surface area contributed by atoms with Gasteiger partial charge in [-0.1, -0.05) is 55.7 Å². The first kappa shape index (κ1) is 18.4. The molecule has 0 bridgehead atoms. The van der Waals surface area contributed by atoms with Crippen molar-refractivity contribution in [3.63, 3.8) is 0 Å². The summed E-state index contributed by atoms with van der Waals surface area (Å²) >= 11 is 0. The van der Waals surface area contributed by atoms with E-state index in [9.17, 15) is 4.39 Å². The number of hydrogen-bond acceptors (Lipinski definition) is 4.